The van der Waals surface area contributed by atoms with Crippen LogP contribution < -0.4 is 10.1 Å². The number of nitrogens with one attached hydrogen (secondary N) is 1. The van der Waals surface area contributed by atoms with Crippen LogP contribution in [0.4, 0.5) is 9.93 Å². The van der Waals surface area contributed by atoms with Crippen LogP contribution in [-0.2, 0) is 0 Å². The predicted molar refractivity (Wildman–Crippen MR) is 147 cm³/mol. The van der Waals surface area contributed by atoms with Crippen molar-refractivity contribution in [3.05, 3.63) is 65.5 Å². The van der Waals surface area contributed by atoms with Crippen molar-refractivity contribution in [1.82, 2.24) is 14.8 Å². The summed E-state index contributed by atoms with van der Waals surface area (Å²) in [7, 11) is 0. The summed E-state index contributed by atoms with van der Waals surface area (Å²) in [5.74, 6) is 1.50. The minimum atomic E-state index is -0.186. The Hall–Kier alpha value is -3.39. The number of benzene rings is 2. The Kier molecular flexibility index (Phi) is 8.35. The lowest BCUT2D eigenvalue weighted by molar-refractivity contribution is 0.0671. The third-order valence-electron chi connectivity index (χ3n) is 7.24. The first-order valence-corrected chi connectivity index (χ1v) is 14.1. The lowest BCUT2D eigenvalue weighted by Crippen LogP contribution is -2.51. The molecule has 2 aliphatic rings. The molecule has 3 aromatic rings. The first-order valence-electron chi connectivity index (χ1n) is 13.2. The highest BCUT2D eigenvalue weighted by molar-refractivity contribution is 7.14. The summed E-state index contributed by atoms with van der Waals surface area (Å²) in [5.41, 5.74) is 2.49. The van der Waals surface area contributed by atoms with Crippen LogP contribution in [0.15, 0.2) is 60.0 Å². The van der Waals surface area contributed by atoms with Crippen molar-refractivity contribution in [2.24, 2.45) is 5.92 Å². The molecule has 0 spiro atoms. The van der Waals surface area contributed by atoms with Crippen molar-refractivity contribution in [1.29, 1.82) is 0 Å². The molecular formula is C29H34N4O3S. The summed E-state index contributed by atoms with van der Waals surface area (Å²) in [6, 6.07) is 17.2. The third-order valence-corrected chi connectivity index (χ3v) is 8.00. The normalized spacial score (nSPS) is 16.4. The molecule has 0 atom stereocenters. The predicted octanol–water partition coefficient (Wildman–Crippen LogP) is 6.15. The van der Waals surface area contributed by atoms with Crippen LogP contribution >= 0.6 is 11.3 Å². The highest BCUT2D eigenvalue weighted by Crippen LogP contribution is 2.27. The molecule has 0 radical (unpaired) electrons. The number of carbonyl (C=O) groups excluding carboxylic acids is 2. The number of aromatic nitrogens is 1. The summed E-state index contributed by atoms with van der Waals surface area (Å²) in [4.78, 5) is 34.0. The van der Waals surface area contributed by atoms with E-state index in [1.807, 2.05) is 64.9 Å². The van der Waals surface area contributed by atoms with Gasteiger partial charge in [0.15, 0.2) is 5.13 Å². The van der Waals surface area contributed by atoms with Gasteiger partial charge in [0.05, 0.1) is 12.3 Å². The van der Waals surface area contributed by atoms with E-state index in [1.54, 1.807) is 4.90 Å². The lowest BCUT2D eigenvalue weighted by atomic mass is 9.87. The molecule has 194 valence electrons. The van der Waals surface area contributed by atoms with Gasteiger partial charge in [-0.15, -0.1) is 11.3 Å². The van der Waals surface area contributed by atoms with Gasteiger partial charge < -0.3 is 14.5 Å². The van der Waals surface area contributed by atoms with Crippen LogP contribution in [0.5, 0.6) is 5.75 Å². The number of carbonyl (C=O) groups is 2. The van der Waals surface area contributed by atoms with Crippen molar-refractivity contribution < 1.29 is 14.3 Å². The Morgan fingerprint density at radius 2 is 1.70 bits per heavy atom. The number of rotatable bonds is 7. The van der Waals surface area contributed by atoms with Crippen molar-refractivity contribution in [3.63, 3.8) is 0 Å². The first-order chi connectivity index (χ1) is 18.2. The molecule has 1 N–H and O–H groups in total. The zero-order valence-corrected chi connectivity index (χ0v) is 21.9. The molecule has 2 aromatic carbocycles. The average molecular weight is 519 g/mol. The van der Waals surface area contributed by atoms with E-state index in [-0.39, 0.29) is 11.9 Å². The molecule has 1 saturated heterocycles. The number of hydrogen-bond donors (Lipinski definition) is 1. The van der Waals surface area contributed by atoms with E-state index < -0.39 is 0 Å². The van der Waals surface area contributed by atoms with Crippen molar-refractivity contribution in [3.8, 4) is 17.0 Å². The maximum atomic E-state index is 13.1. The number of hydrogen-bond acceptors (Lipinski definition) is 5. The van der Waals surface area contributed by atoms with E-state index in [1.165, 1.54) is 43.4 Å². The highest BCUT2D eigenvalue weighted by atomic mass is 32.1. The van der Waals surface area contributed by atoms with E-state index in [0.29, 0.717) is 43.5 Å². The molecule has 0 unspecified atom stereocenters. The van der Waals surface area contributed by atoms with Crippen LogP contribution in [0.1, 0.15) is 48.9 Å². The smallest absolute Gasteiger partial charge is 0.323 e. The summed E-state index contributed by atoms with van der Waals surface area (Å²) >= 11 is 1.41. The Morgan fingerprint density at radius 1 is 0.946 bits per heavy atom. The number of ether oxygens (including phenoxy) is 1. The van der Waals surface area contributed by atoms with Gasteiger partial charge in [-0.2, -0.15) is 0 Å². The number of urea groups is 1. The van der Waals surface area contributed by atoms with Crippen LogP contribution in [0.2, 0.25) is 0 Å². The molecule has 5 rings (SSSR count). The molecule has 0 bridgehead atoms. The Balaban J connectivity index is 1.09. The maximum absolute atomic E-state index is 13.1. The van der Waals surface area contributed by atoms with Gasteiger partial charge in [0.25, 0.3) is 5.91 Å². The van der Waals surface area contributed by atoms with Gasteiger partial charge in [-0.25, -0.2) is 9.78 Å². The summed E-state index contributed by atoms with van der Waals surface area (Å²) < 4.78 is 5.99. The second-order valence-corrected chi connectivity index (χ2v) is 10.6. The molecule has 37 heavy (non-hydrogen) atoms. The van der Waals surface area contributed by atoms with Gasteiger partial charge in [-0.1, -0.05) is 68.5 Å². The number of amides is 3. The molecule has 1 aromatic heterocycles. The molecule has 2 fully saturated rings. The van der Waals surface area contributed by atoms with Crippen LogP contribution in [0, 0.1) is 5.92 Å². The average Bonchev–Trinajstić information content (AvgIpc) is 3.42. The summed E-state index contributed by atoms with van der Waals surface area (Å²) in [6.45, 7) is 2.64. The van der Waals surface area contributed by atoms with Crippen molar-refractivity contribution in [2.45, 2.75) is 38.5 Å². The fraction of sp³-hybridized carbons (Fsp3) is 0.414. The maximum Gasteiger partial charge on any atom is 0.323 e. The molecule has 2 heterocycles. The molecule has 1 saturated carbocycles. The minimum absolute atomic E-state index is 0.0229. The Labute approximate surface area is 222 Å². The largest absolute Gasteiger partial charge is 0.494 e. The number of nitrogens with zero attached hydrogens (tertiary/aromatic N) is 3. The number of anilines is 1. The van der Waals surface area contributed by atoms with E-state index >= 15 is 0 Å². The molecule has 1 aliphatic heterocycles. The summed E-state index contributed by atoms with van der Waals surface area (Å²) in [6.07, 6.45) is 7.74. The van der Waals surface area contributed by atoms with E-state index in [9.17, 15) is 9.59 Å². The standard InChI is InChI=1S/C29H34N4O3S/c34-27(24-12-7-13-25(20-24)36-19-14-22-8-3-1-4-9-22)32-15-17-33(18-16-32)29(35)31-28-30-26(21-37-28)23-10-5-2-6-11-23/h2,5-7,10-13,20-22H,1,3-4,8-9,14-19H2,(H,30,31,35). The third kappa shape index (κ3) is 6.68. The fourth-order valence-electron chi connectivity index (χ4n) is 5.08. The van der Waals surface area contributed by atoms with Crippen molar-refractivity contribution >= 4 is 28.4 Å². The van der Waals surface area contributed by atoms with Crippen molar-refractivity contribution in [2.75, 3.05) is 38.1 Å². The lowest BCUT2D eigenvalue weighted by Gasteiger charge is -2.34. The Morgan fingerprint density at radius 3 is 2.49 bits per heavy atom. The van der Waals surface area contributed by atoms with E-state index in [4.69, 9.17) is 4.74 Å². The number of thiazole rings is 1. The molecular weight excluding hydrogens is 484 g/mol. The minimum Gasteiger partial charge on any atom is -0.494 e. The zero-order valence-electron chi connectivity index (χ0n) is 21.1. The second kappa shape index (κ2) is 12.2. The molecule has 8 heteroatoms. The van der Waals surface area contributed by atoms with Gasteiger partial charge >= 0.3 is 6.03 Å². The van der Waals surface area contributed by atoms with Gasteiger partial charge in [0, 0.05) is 42.7 Å². The second-order valence-electron chi connectivity index (χ2n) is 9.78. The van der Waals surface area contributed by atoms with Gasteiger partial charge in [0.1, 0.15) is 5.75 Å². The monoisotopic (exact) mass is 518 g/mol. The molecule has 1 aliphatic carbocycles. The topological polar surface area (TPSA) is 74.8 Å². The van der Waals surface area contributed by atoms with Crippen LogP contribution in [0.3, 0.4) is 0 Å². The highest BCUT2D eigenvalue weighted by Gasteiger charge is 2.25. The zero-order chi connectivity index (χ0) is 25.5. The molecule has 3 amide bonds. The number of piperazine rings is 1. The van der Waals surface area contributed by atoms with Gasteiger partial charge in [-0.3, -0.25) is 10.1 Å². The summed E-state index contributed by atoms with van der Waals surface area (Å²) in [5, 5.41) is 5.41. The fourth-order valence-corrected chi connectivity index (χ4v) is 5.79. The van der Waals surface area contributed by atoms with Gasteiger partial charge in [-0.05, 0) is 30.5 Å². The van der Waals surface area contributed by atoms with E-state index in [0.717, 1.165) is 29.3 Å². The Bertz CT molecular complexity index is 1180. The SMILES string of the molecule is O=C(Nc1nc(-c2ccccc2)cs1)N1CCN(C(=O)c2cccc(OCCC3CCCCC3)c2)CC1. The van der Waals surface area contributed by atoms with Crippen LogP contribution in [0.25, 0.3) is 11.3 Å². The first kappa shape index (κ1) is 25.3. The molecule has 7 nitrogen and oxygen atoms in total. The quantitative estimate of drug-likeness (QED) is 0.407. The van der Waals surface area contributed by atoms with E-state index in [2.05, 4.69) is 10.3 Å². The van der Waals surface area contributed by atoms with Gasteiger partial charge in [0.2, 0.25) is 0 Å². The van der Waals surface area contributed by atoms with Crippen LogP contribution in [-0.4, -0.2) is 59.5 Å².